The first-order valence-corrected chi connectivity index (χ1v) is 5.00. The summed E-state index contributed by atoms with van der Waals surface area (Å²) in [4.78, 5) is 11.5. The van der Waals surface area contributed by atoms with Gasteiger partial charge in [0.25, 0.3) is 0 Å². The molecule has 0 atom stereocenters. The van der Waals surface area contributed by atoms with E-state index in [0.29, 0.717) is 19.8 Å². The minimum atomic E-state index is -0.410. The highest BCUT2D eigenvalue weighted by atomic mass is 16.7. The normalized spacial score (nSPS) is 11.2. The monoisotopic (exact) mass is 215 g/mol. The average molecular weight is 215 g/mol. The van der Waals surface area contributed by atoms with Crippen molar-refractivity contribution < 1.29 is 9.47 Å². The fraction of sp³-hybridized carbons (Fsp3) is 0.778. The molecule has 0 saturated heterocycles. The molecular weight excluding hydrogens is 198 g/mol. The van der Waals surface area contributed by atoms with Gasteiger partial charge in [-0.15, -0.1) is 0 Å². The zero-order valence-corrected chi connectivity index (χ0v) is 9.34. The molecule has 0 bridgehead atoms. The lowest BCUT2D eigenvalue weighted by Gasteiger charge is -2.15. The van der Waals surface area contributed by atoms with Gasteiger partial charge >= 0.3 is 5.69 Å². The summed E-state index contributed by atoms with van der Waals surface area (Å²) in [6, 6.07) is 0. The molecule has 0 aliphatic rings. The first-order chi connectivity index (χ1) is 7.19. The molecule has 0 aromatic carbocycles. The highest BCUT2D eigenvalue weighted by Crippen LogP contribution is 1.97. The van der Waals surface area contributed by atoms with Crippen LogP contribution in [0.15, 0.2) is 11.1 Å². The van der Waals surface area contributed by atoms with E-state index in [-0.39, 0.29) is 5.69 Å². The predicted molar refractivity (Wildman–Crippen MR) is 54.5 cm³/mol. The van der Waals surface area contributed by atoms with Gasteiger partial charge < -0.3 is 9.47 Å². The summed E-state index contributed by atoms with van der Waals surface area (Å²) < 4.78 is 13.4. The second-order valence-electron chi connectivity index (χ2n) is 3.05. The van der Waals surface area contributed by atoms with Gasteiger partial charge in [0.05, 0.1) is 6.54 Å². The molecule has 0 aliphatic heterocycles. The molecule has 0 saturated carbocycles. The van der Waals surface area contributed by atoms with Gasteiger partial charge in [-0.05, 0) is 13.8 Å². The van der Waals surface area contributed by atoms with Crippen LogP contribution in [-0.4, -0.2) is 33.9 Å². The molecule has 0 spiro atoms. The van der Waals surface area contributed by atoms with Gasteiger partial charge in [0.1, 0.15) is 6.33 Å². The van der Waals surface area contributed by atoms with Crippen LogP contribution in [0.4, 0.5) is 0 Å². The van der Waals surface area contributed by atoms with E-state index in [1.165, 1.54) is 15.6 Å². The van der Waals surface area contributed by atoms with Gasteiger partial charge in [0.15, 0.2) is 6.29 Å². The van der Waals surface area contributed by atoms with E-state index in [2.05, 4.69) is 5.10 Å². The lowest BCUT2D eigenvalue weighted by molar-refractivity contribution is -0.145. The molecule has 1 aromatic rings. The van der Waals surface area contributed by atoms with E-state index in [0.717, 1.165) is 0 Å². The second-order valence-corrected chi connectivity index (χ2v) is 3.05. The van der Waals surface area contributed by atoms with Crippen LogP contribution in [0, 0.1) is 0 Å². The number of rotatable bonds is 6. The number of aryl methyl sites for hydroxylation is 1. The van der Waals surface area contributed by atoms with E-state index in [4.69, 9.17) is 9.47 Å². The molecule has 0 amide bonds. The first kappa shape index (κ1) is 11.9. The van der Waals surface area contributed by atoms with Crippen LogP contribution < -0.4 is 5.69 Å². The van der Waals surface area contributed by atoms with Crippen molar-refractivity contribution in [1.29, 1.82) is 0 Å². The maximum absolute atomic E-state index is 11.5. The Bertz CT molecular complexity index is 339. The Morgan fingerprint density at radius 2 is 2.00 bits per heavy atom. The Morgan fingerprint density at radius 1 is 1.40 bits per heavy atom. The summed E-state index contributed by atoms with van der Waals surface area (Å²) >= 11 is 0. The molecule has 15 heavy (non-hydrogen) atoms. The molecule has 86 valence electrons. The van der Waals surface area contributed by atoms with Gasteiger partial charge in [-0.1, -0.05) is 0 Å². The molecule has 0 unspecified atom stereocenters. The van der Waals surface area contributed by atoms with Crippen LogP contribution in [0.3, 0.4) is 0 Å². The zero-order chi connectivity index (χ0) is 11.3. The third-order valence-electron chi connectivity index (χ3n) is 1.91. The SMILES string of the molecule is CCOC(Cn1ncn(C)c1=O)OCC. The molecular formula is C9H17N3O3. The minimum absolute atomic E-state index is 0.167. The molecule has 1 heterocycles. The summed E-state index contributed by atoms with van der Waals surface area (Å²) in [5, 5.41) is 3.93. The Balaban J connectivity index is 2.65. The smallest absolute Gasteiger partial charge is 0.345 e. The predicted octanol–water partition coefficient (Wildman–Crippen LogP) is -0.0191. The maximum atomic E-state index is 11.5. The number of hydrogen-bond donors (Lipinski definition) is 0. The van der Waals surface area contributed by atoms with E-state index in [9.17, 15) is 4.79 Å². The van der Waals surface area contributed by atoms with Crippen LogP contribution in [0.5, 0.6) is 0 Å². The zero-order valence-electron chi connectivity index (χ0n) is 9.34. The van der Waals surface area contributed by atoms with E-state index >= 15 is 0 Å². The van der Waals surface area contributed by atoms with Crippen molar-refractivity contribution in [2.24, 2.45) is 7.05 Å². The maximum Gasteiger partial charge on any atom is 0.345 e. The number of ether oxygens (including phenoxy) is 2. The lowest BCUT2D eigenvalue weighted by atomic mass is 10.6. The number of nitrogens with zero attached hydrogens (tertiary/aromatic N) is 3. The van der Waals surface area contributed by atoms with Gasteiger partial charge in [0, 0.05) is 20.3 Å². The van der Waals surface area contributed by atoms with E-state index in [1.54, 1.807) is 7.05 Å². The van der Waals surface area contributed by atoms with Crippen molar-refractivity contribution in [3.8, 4) is 0 Å². The number of aromatic nitrogens is 3. The third kappa shape index (κ3) is 3.17. The second kappa shape index (κ2) is 5.67. The van der Waals surface area contributed by atoms with E-state index < -0.39 is 6.29 Å². The Labute approximate surface area is 88.4 Å². The highest BCUT2D eigenvalue weighted by Gasteiger charge is 2.11. The molecule has 6 nitrogen and oxygen atoms in total. The van der Waals surface area contributed by atoms with Crippen LogP contribution in [0.1, 0.15) is 13.8 Å². The van der Waals surface area contributed by atoms with Crippen LogP contribution in [-0.2, 0) is 23.1 Å². The lowest BCUT2D eigenvalue weighted by Crippen LogP contribution is -2.31. The fourth-order valence-electron chi connectivity index (χ4n) is 1.21. The Kier molecular flexibility index (Phi) is 4.51. The molecule has 0 radical (unpaired) electrons. The van der Waals surface area contributed by atoms with Crippen molar-refractivity contribution in [2.45, 2.75) is 26.7 Å². The van der Waals surface area contributed by atoms with Gasteiger partial charge in [-0.3, -0.25) is 4.57 Å². The molecule has 0 N–H and O–H groups in total. The van der Waals surface area contributed by atoms with Crippen molar-refractivity contribution in [3.63, 3.8) is 0 Å². The molecule has 1 aromatic heterocycles. The molecule has 6 heteroatoms. The van der Waals surface area contributed by atoms with Gasteiger partial charge in [-0.25, -0.2) is 9.48 Å². The fourth-order valence-corrected chi connectivity index (χ4v) is 1.21. The quantitative estimate of drug-likeness (QED) is 0.626. The van der Waals surface area contributed by atoms with Crippen molar-refractivity contribution in [1.82, 2.24) is 14.3 Å². The topological polar surface area (TPSA) is 58.3 Å². The first-order valence-electron chi connectivity index (χ1n) is 5.00. The Hall–Kier alpha value is -1.14. The summed E-state index contributed by atoms with van der Waals surface area (Å²) in [6.45, 7) is 5.18. The molecule has 0 fully saturated rings. The van der Waals surface area contributed by atoms with Crippen molar-refractivity contribution >= 4 is 0 Å². The van der Waals surface area contributed by atoms with Crippen LogP contribution in [0.2, 0.25) is 0 Å². The summed E-state index contributed by atoms with van der Waals surface area (Å²) in [5.74, 6) is 0. The highest BCUT2D eigenvalue weighted by molar-refractivity contribution is 4.65. The standard InChI is InChI=1S/C9H17N3O3/c1-4-14-8(15-5-2)6-12-9(13)11(3)7-10-12/h7-8H,4-6H2,1-3H3. The van der Waals surface area contributed by atoms with Crippen LogP contribution >= 0.6 is 0 Å². The van der Waals surface area contributed by atoms with Crippen molar-refractivity contribution in [3.05, 3.63) is 16.8 Å². The molecule has 0 aliphatic carbocycles. The van der Waals surface area contributed by atoms with E-state index in [1.807, 2.05) is 13.8 Å². The summed E-state index contributed by atoms with van der Waals surface area (Å²) in [5.41, 5.74) is -0.167. The Morgan fingerprint density at radius 3 is 2.40 bits per heavy atom. The van der Waals surface area contributed by atoms with Gasteiger partial charge in [-0.2, -0.15) is 5.10 Å². The minimum Gasteiger partial charge on any atom is -0.351 e. The molecule has 1 rings (SSSR count). The summed E-state index contributed by atoms with van der Waals surface area (Å²) in [6.07, 6.45) is 1.06. The number of hydrogen-bond acceptors (Lipinski definition) is 4. The average Bonchev–Trinajstić information content (AvgIpc) is 2.51. The summed E-state index contributed by atoms with van der Waals surface area (Å²) in [7, 11) is 1.65. The third-order valence-corrected chi connectivity index (χ3v) is 1.91. The van der Waals surface area contributed by atoms with Gasteiger partial charge in [0.2, 0.25) is 0 Å². The largest absolute Gasteiger partial charge is 0.351 e. The van der Waals surface area contributed by atoms with Crippen LogP contribution in [0.25, 0.3) is 0 Å². The van der Waals surface area contributed by atoms with Crippen molar-refractivity contribution in [2.75, 3.05) is 13.2 Å².